The van der Waals surface area contributed by atoms with Gasteiger partial charge in [0, 0.05) is 12.8 Å². The molecule has 0 spiro atoms. The molecule has 2 N–H and O–H groups in total. The predicted octanol–water partition coefficient (Wildman–Crippen LogP) is 4.71. The van der Waals surface area contributed by atoms with Crippen molar-refractivity contribution >= 4 is 5.78 Å². The molecule has 0 rings (SSSR count). The molecule has 0 aromatic carbocycles. The van der Waals surface area contributed by atoms with Crippen LogP contribution in [0.3, 0.4) is 0 Å². The van der Waals surface area contributed by atoms with Gasteiger partial charge in [0.2, 0.25) is 0 Å². The van der Waals surface area contributed by atoms with Crippen molar-refractivity contribution < 1.29 is 4.79 Å². The lowest BCUT2D eigenvalue weighted by molar-refractivity contribution is -0.120. The predicted molar refractivity (Wildman–Crippen MR) is 84.2 cm³/mol. The number of carbonyl (C=O) groups is 1. The van der Waals surface area contributed by atoms with Crippen molar-refractivity contribution in [2.24, 2.45) is 17.6 Å². The van der Waals surface area contributed by atoms with E-state index in [4.69, 9.17) is 5.73 Å². The van der Waals surface area contributed by atoms with Crippen LogP contribution >= 0.6 is 0 Å². The summed E-state index contributed by atoms with van der Waals surface area (Å²) in [6.07, 6.45) is 11.5. The Morgan fingerprint density at radius 2 is 1.58 bits per heavy atom. The van der Waals surface area contributed by atoms with Gasteiger partial charge in [0.05, 0.1) is 0 Å². The number of hydrogen-bond donors (Lipinski definition) is 1. The first-order valence-corrected chi connectivity index (χ1v) is 8.31. The number of Topliss-reactive ketones (excluding diaryl/α,β-unsaturated/α-hetero) is 1. The third-order valence-electron chi connectivity index (χ3n) is 3.71. The summed E-state index contributed by atoms with van der Waals surface area (Å²) in [7, 11) is 0. The molecule has 0 aliphatic heterocycles. The molecule has 0 saturated carbocycles. The molecule has 0 amide bonds. The lowest BCUT2D eigenvalue weighted by atomic mass is 9.91. The molecule has 0 aromatic rings. The summed E-state index contributed by atoms with van der Waals surface area (Å²) < 4.78 is 0. The molecule has 0 heterocycles. The minimum absolute atomic E-state index is 0.400. The van der Waals surface area contributed by atoms with Crippen LogP contribution in [-0.4, -0.2) is 12.3 Å². The van der Waals surface area contributed by atoms with Crippen LogP contribution in [0.1, 0.15) is 85.0 Å². The summed E-state index contributed by atoms with van der Waals surface area (Å²) in [6.45, 7) is 7.29. The Morgan fingerprint density at radius 3 is 2.11 bits per heavy atom. The van der Waals surface area contributed by atoms with Crippen LogP contribution in [0.2, 0.25) is 0 Å². The van der Waals surface area contributed by atoms with Gasteiger partial charge in [-0.2, -0.15) is 0 Å². The number of carbonyl (C=O) groups excluding carboxylic acids is 1. The lowest BCUT2D eigenvalue weighted by Gasteiger charge is -2.16. The first kappa shape index (κ1) is 18.6. The largest absolute Gasteiger partial charge is 0.330 e. The fourth-order valence-corrected chi connectivity index (χ4v) is 2.63. The fourth-order valence-electron chi connectivity index (χ4n) is 2.63. The van der Waals surface area contributed by atoms with Gasteiger partial charge >= 0.3 is 0 Å². The quantitative estimate of drug-likeness (QED) is 0.492. The van der Waals surface area contributed by atoms with Crippen LogP contribution in [0.5, 0.6) is 0 Å². The molecule has 19 heavy (non-hydrogen) atoms. The molecule has 0 fully saturated rings. The first-order valence-electron chi connectivity index (χ1n) is 8.31. The molecule has 2 nitrogen and oxygen atoms in total. The van der Waals surface area contributed by atoms with Gasteiger partial charge in [-0.05, 0) is 31.2 Å². The third-order valence-corrected chi connectivity index (χ3v) is 3.71. The topological polar surface area (TPSA) is 43.1 Å². The molecule has 1 unspecified atom stereocenters. The highest BCUT2D eigenvalue weighted by atomic mass is 16.1. The van der Waals surface area contributed by atoms with E-state index in [0.29, 0.717) is 30.6 Å². The summed E-state index contributed by atoms with van der Waals surface area (Å²) in [4.78, 5) is 11.9. The Balaban J connectivity index is 3.52. The van der Waals surface area contributed by atoms with Crippen LogP contribution < -0.4 is 5.73 Å². The molecule has 0 aliphatic rings. The summed E-state index contributed by atoms with van der Waals surface area (Å²) in [5.74, 6) is 1.46. The van der Waals surface area contributed by atoms with Gasteiger partial charge in [0.25, 0.3) is 0 Å². The first-order chi connectivity index (χ1) is 9.10. The second-order valence-corrected chi connectivity index (χ2v) is 6.35. The Kier molecular flexibility index (Phi) is 12.4. The number of unbranched alkanes of at least 4 members (excludes halogenated alkanes) is 6. The number of nitrogens with two attached hydrogens (primary N) is 1. The van der Waals surface area contributed by atoms with Crippen LogP contribution in [0, 0.1) is 11.8 Å². The molecule has 0 aliphatic carbocycles. The van der Waals surface area contributed by atoms with Gasteiger partial charge in [-0.3, -0.25) is 4.79 Å². The Hall–Kier alpha value is -0.370. The van der Waals surface area contributed by atoms with Crippen molar-refractivity contribution in [1.29, 1.82) is 0 Å². The van der Waals surface area contributed by atoms with Gasteiger partial charge < -0.3 is 5.73 Å². The summed E-state index contributed by atoms with van der Waals surface area (Å²) >= 11 is 0. The molecular weight excluding hydrogens is 234 g/mol. The van der Waals surface area contributed by atoms with Crippen molar-refractivity contribution in [3.8, 4) is 0 Å². The molecule has 114 valence electrons. The maximum Gasteiger partial charge on any atom is 0.133 e. The van der Waals surface area contributed by atoms with E-state index in [2.05, 4.69) is 20.8 Å². The van der Waals surface area contributed by atoms with E-state index in [1.165, 1.54) is 38.5 Å². The zero-order valence-electron chi connectivity index (χ0n) is 13.4. The highest BCUT2D eigenvalue weighted by Crippen LogP contribution is 2.16. The number of hydrogen-bond acceptors (Lipinski definition) is 2. The fraction of sp³-hybridized carbons (Fsp3) is 0.941. The molecule has 0 saturated heterocycles. The highest BCUT2D eigenvalue weighted by Gasteiger charge is 2.13. The zero-order valence-corrected chi connectivity index (χ0v) is 13.4. The second-order valence-electron chi connectivity index (χ2n) is 6.35. The molecular formula is C17H35NO. The van der Waals surface area contributed by atoms with Crippen molar-refractivity contribution in [3.05, 3.63) is 0 Å². The molecule has 0 bridgehead atoms. The second kappa shape index (κ2) is 12.7. The van der Waals surface area contributed by atoms with Crippen LogP contribution in [0.15, 0.2) is 0 Å². The van der Waals surface area contributed by atoms with Crippen LogP contribution in [0.4, 0.5) is 0 Å². The van der Waals surface area contributed by atoms with E-state index in [1.807, 2.05) is 0 Å². The van der Waals surface area contributed by atoms with Crippen LogP contribution in [-0.2, 0) is 4.79 Å². The van der Waals surface area contributed by atoms with E-state index in [1.54, 1.807) is 0 Å². The zero-order chi connectivity index (χ0) is 14.5. The van der Waals surface area contributed by atoms with E-state index in [9.17, 15) is 4.79 Å². The Labute approximate surface area is 120 Å². The standard InChI is InChI=1S/C17H35NO/c1-4-5-6-7-8-9-10-11-17(19)13-16(14-18)12-15(2)3/h15-16H,4-14,18H2,1-3H3. The summed E-state index contributed by atoms with van der Waals surface area (Å²) in [6, 6.07) is 0. The number of ketones is 1. The van der Waals surface area contributed by atoms with E-state index in [-0.39, 0.29) is 0 Å². The Morgan fingerprint density at radius 1 is 1.00 bits per heavy atom. The molecule has 0 radical (unpaired) electrons. The van der Waals surface area contributed by atoms with E-state index >= 15 is 0 Å². The maximum absolute atomic E-state index is 11.9. The average Bonchev–Trinajstić information content (AvgIpc) is 2.36. The number of rotatable bonds is 13. The minimum atomic E-state index is 0.400. The monoisotopic (exact) mass is 269 g/mol. The van der Waals surface area contributed by atoms with Crippen molar-refractivity contribution in [1.82, 2.24) is 0 Å². The smallest absolute Gasteiger partial charge is 0.133 e. The minimum Gasteiger partial charge on any atom is -0.330 e. The van der Waals surface area contributed by atoms with Gasteiger partial charge in [-0.25, -0.2) is 0 Å². The van der Waals surface area contributed by atoms with Crippen molar-refractivity contribution in [2.75, 3.05) is 6.54 Å². The van der Waals surface area contributed by atoms with Crippen LogP contribution in [0.25, 0.3) is 0 Å². The van der Waals surface area contributed by atoms with E-state index in [0.717, 1.165) is 19.3 Å². The molecule has 2 heteroatoms. The molecule has 0 aromatic heterocycles. The SMILES string of the molecule is CCCCCCCCCC(=O)CC(CN)CC(C)C. The van der Waals surface area contributed by atoms with Crippen molar-refractivity contribution in [3.63, 3.8) is 0 Å². The third kappa shape index (κ3) is 12.4. The summed E-state index contributed by atoms with van der Waals surface area (Å²) in [5.41, 5.74) is 5.74. The van der Waals surface area contributed by atoms with Gasteiger partial charge in [0.1, 0.15) is 5.78 Å². The molecule has 1 atom stereocenters. The Bertz CT molecular complexity index is 213. The van der Waals surface area contributed by atoms with Gasteiger partial charge in [0.15, 0.2) is 0 Å². The van der Waals surface area contributed by atoms with Gasteiger partial charge in [-0.15, -0.1) is 0 Å². The normalized spacial score (nSPS) is 12.9. The average molecular weight is 269 g/mol. The van der Waals surface area contributed by atoms with E-state index < -0.39 is 0 Å². The van der Waals surface area contributed by atoms with Crippen molar-refractivity contribution in [2.45, 2.75) is 85.0 Å². The maximum atomic E-state index is 11.9. The lowest BCUT2D eigenvalue weighted by Crippen LogP contribution is -2.20. The van der Waals surface area contributed by atoms with Gasteiger partial charge in [-0.1, -0.05) is 59.3 Å². The summed E-state index contributed by atoms with van der Waals surface area (Å²) in [5, 5.41) is 0. The highest BCUT2D eigenvalue weighted by molar-refractivity contribution is 5.78.